The van der Waals surface area contributed by atoms with Crippen molar-refractivity contribution in [2.75, 3.05) is 0 Å². The zero-order chi connectivity index (χ0) is 18.1. The predicted octanol–water partition coefficient (Wildman–Crippen LogP) is 3.52. The van der Waals surface area contributed by atoms with Gasteiger partial charge in [-0.3, -0.25) is 4.79 Å². The normalized spacial score (nSPS) is 17.8. The van der Waals surface area contributed by atoms with Crippen LogP contribution in [-0.4, -0.2) is 15.5 Å². The van der Waals surface area contributed by atoms with Gasteiger partial charge in [-0.15, -0.1) is 0 Å². The molecule has 26 heavy (non-hydrogen) atoms. The van der Waals surface area contributed by atoms with E-state index in [1.807, 2.05) is 59.6 Å². The second-order valence-electron chi connectivity index (χ2n) is 6.72. The molecule has 0 saturated heterocycles. The largest absolute Gasteiger partial charge is 0.388 e. The molecule has 0 aliphatic carbocycles. The fraction of sp³-hybridized carbons (Fsp3) is 0.238. The number of aromatic nitrogens is 2. The van der Waals surface area contributed by atoms with Crippen molar-refractivity contribution in [2.45, 2.75) is 25.6 Å². The van der Waals surface area contributed by atoms with Gasteiger partial charge in [-0.05, 0) is 36.2 Å². The van der Waals surface area contributed by atoms with Crippen LogP contribution in [0.4, 0.5) is 0 Å². The standard InChI is InChI=1S/C21H20BrN2O2/c22-17-5-3-15(4-6-17)14-23-11-7-16(8-12-23)20(25)18-9-13-24-10-1-2-19(24)21(18)26/h1-8,10-12,18,20,25H,9,13-14H2/q+1/t18-,20+/m0/s1. The van der Waals surface area contributed by atoms with Crippen LogP contribution in [0, 0.1) is 5.92 Å². The average Bonchev–Trinajstić information content (AvgIpc) is 3.14. The zero-order valence-electron chi connectivity index (χ0n) is 14.3. The van der Waals surface area contributed by atoms with E-state index < -0.39 is 6.10 Å². The van der Waals surface area contributed by atoms with Gasteiger partial charge in [0.25, 0.3) is 0 Å². The van der Waals surface area contributed by atoms with Gasteiger partial charge in [-0.25, -0.2) is 4.57 Å². The molecule has 1 aromatic carbocycles. The fourth-order valence-corrected chi connectivity index (χ4v) is 3.80. The predicted molar refractivity (Wildman–Crippen MR) is 102 cm³/mol. The van der Waals surface area contributed by atoms with Gasteiger partial charge < -0.3 is 9.67 Å². The molecule has 0 fully saturated rings. The van der Waals surface area contributed by atoms with E-state index in [0.29, 0.717) is 12.1 Å². The molecule has 2 aromatic heterocycles. The van der Waals surface area contributed by atoms with E-state index in [-0.39, 0.29) is 11.7 Å². The molecule has 2 atom stereocenters. The molecule has 132 valence electrons. The first kappa shape index (κ1) is 17.2. The van der Waals surface area contributed by atoms with Gasteiger partial charge in [-0.2, -0.15) is 0 Å². The number of aliphatic hydroxyl groups is 1. The number of pyridine rings is 1. The summed E-state index contributed by atoms with van der Waals surface area (Å²) in [4.78, 5) is 12.6. The van der Waals surface area contributed by atoms with Gasteiger partial charge in [0.15, 0.2) is 24.7 Å². The highest BCUT2D eigenvalue weighted by atomic mass is 79.9. The van der Waals surface area contributed by atoms with Crippen LogP contribution in [0.3, 0.4) is 0 Å². The minimum absolute atomic E-state index is 0.0281. The number of hydrogen-bond donors (Lipinski definition) is 1. The van der Waals surface area contributed by atoms with Gasteiger partial charge >= 0.3 is 0 Å². The van der Waals surface area contributed by atoms with Gasteiger partial charge in [-0.1, -0.05) is 28.1 Å². The third-order valence-electron chi connectivity index (χ3n) is 5.02. The number of aryl methyl sites for hydroxylation is 1. The highest BCUT2D eigenvalue weighted by Gasteiger charge is 2.33. The third-order valence-corrected chi connectivity index (χ3v) is 5.55. The van der Waals surface area contributed by atoms with Crippen LogP contribution in [0.2, 0.25) is 0 Å². The van der Waals surface area contributed by atoms with Crippen molar-refractivity contribution in [1.82, 2.24) is 4.57 Å². The number of carbonyl (C=O) groups is 1. The van der Waals surface area contributed by atoms with E-state index in [1.165, 1.54) is 5.56 Å². The van der Waals surface area contributed by atoms with E-state index in [4.69, 9.17) is 0 Å². The lowest BCUT2D eigenvalue weighted by Crippen LogP contribution is -2.34. The third kappa shape index (κ3) is 3.37. The smallest absolute Gasteiger partial charge is 0.185 e. The van der Waals surface area contributed by atoms with E-state index in [2.05, 4.69) is 32.6 Å². The lowest BCUT2D eigenvalue weighted by atomic mass is 9.86. The lowest BCUT2D eigenvalue weighted by molar-refractivity contribution is -0.688. The number of aliphatic hydroxyl groups excluding tert-OH is 1. The average molecular weight is 412 g/mol. The molecule has 0 amide bonds. The Kier molecular flexibility index (Phi) is 4.74. The summed E-state index contributed by atoms with van der Waals surface area (Å²) >= 11 is 3.44. The second-order valence-corrected chi connectivity index (χ2v) is 7.64. The summed E-state index contributed by atoms with van der Waals surface area (Å²) in [5.74, 6) is -0.347. The minimum Gasteiger partial charge on any atom is -0.388 e. The molecule has 1 aliphatic rings. The maximum absolute atomic E-state index is 12.6. The van der Waals surface area contributed by atoms with Gasteiger partial charge in [0.1, 0.15) is 0 Å². The Morgan fingerprint density at radius 1 is 1.15 bits per heavy atom. The highest BCUT2D eigenvalue weighted by Crippen LogP contribution is 2.31. The summed E-state index contributed by atoms with van der Waals surface area (Å²) in [6.07, 6.45) is 5.72. The first-order valence-electron chi connectivity index (χ1n) is 8.73. The molecule has 0 bridgehead atoms. The van der Waals surface area contributed by atoms with Crippen molar-refractivity contribution < 1.29 is 14.5 Å². The molecule has 5 heteroatoms. The number of fused-ring (bicyclic) bond motifs is 1. The molecule has 3 heterocycles. The van der Waals surface area contributed by atoms with Crippen LogP contribution in [-0.2, 0) is 13.1 Å². The van der Waals surface area contributed by atoms with Crippen LogP contribution < -0.4 is 4.57 Å². The zero-order valence-corrected chi connectivity index (χ0v) is 15.8. The molecule has 1 N–H and O–H groups in total. The molecule has 0 radical (unpaired) electrons. The topological polar surface area (TPSA) is 46.1 Å². The van der Waals surface area contributed by atoms with Crippen molar-refractivity contribution in [3.05, 3.63) is 88.4 Å². The van der Waals surface area contributed by atoms with E-state index in [1.54, 1.807) is 0 Å². The number of carbonyl (C=O) groups excluding carboxylic acids is 1. The number of Topliss-reactive ketones (excluding diaryl/α,β-unsaturated/α-hetero) is 1. The summed E-state index contributed by atoms with van der Waals surface area (Å²) in [5.41, 5.74) is 2.69. The van der Waals surface area contributed by atoms with Crippen LogP contribution in [0.15, 0.2) is 71.6 Å². The Bertz CT molecular complexity index is 916. The van der Waals surface area contributed by atoms with Crippen molar-refractivity contribution in [3.8, 4) is 0 Å². The molecule has 0 unspecified atom stereocenters. The quantitative estimate of drug-likeness (QED) is 0.667. The van der Waals surface area contributed by atoms with Crippen LogP contribution in [0.25, 0.3) is 0 Å². The number of ketones is 1. The lowest BCUT2D eigenvalue weighted by Gasteiger charge is -2.27. The number of rotatable bonds is 4. The molecular formula is C21H20BrN2O2+. The summed E-state index contributed by atoms with van der Waals surface area (Å²) in [5, 5.41) is 10.7. The summed E-state index contributed by atoms with van der Waals surface area (Å²) < 4.78 is 5.09. The maximum atomic E-state index is 12.6. The summed E-state index contributed by atoms with van der Waals surface area (Å²) in [6, 6.07) is 15.7. The van der Waals surface area contributed by atoms with Crippen LogP contribution in [0.1, 0.15) is 34.1 Å². The Balaban J connectivity index is 1.48. The van der Waals surface area contributed by atoms with Gasteiger partial charge in [0, 0.05) is 34.9 Å². The Hall–Kier alpha value is -2.24. The number of halogens is 1. The minimum atomic E-state index is -0.770. The summed E-state index contributed by atoms with van der Waals surface area (Å²) in [6.45, 7) is 1.53. The second kappa shape index (κ2) is 7.17. The highest BCUT2D eigenvalue weighted by molar-refractivity contribution is 9.10. The molecule has 1 aliphatic heterocycles. The molecule has 4 rings (SSSR count). The number of nitrogens with zero attached hydrogens (tertiary/aromatic N) is 2. The van der Waals surface area contributed by atoms with Crippen LogP contribution >= 0.6 is 15.9 Å². The van der Waals surface area contributed by atoms with Crippen LogP contribution in [0.5, 0.6) is 0 Å². The molecule has 3 aromatic rings. The van der Waals surface area contributed by atoms with E-state index in [0.717, 1.165) is 23.1 Å². The van der Waals surface area contributed by atoms with E-state index in [9.17, 15) is 9.90 Å². The van der Waals surface area contributed by atoms with Crippen molar-refractivity contribution in [3.63, 3.8) is 0 Å². The Morgan fingerprint density at radius 3 is 2.62 bits per heavy atom. The van der Waals surface area contributed by atoms with Gasteiger partial charge in [0.05, 0.1) is 17.7 Å². The maximum Gasteiger partial charge on any atom is 0.185 e. The monoisotopic (exact) mass is 411 g/mol. The number of hydrogen-bond acceptors (Lipinski definition) is 2. The SMILES string of the molecule is O=C1c2cccn2CC[C@H]1[C@H](O)c1cc[n+](Cc2ccc(Br)cc2)cc1. The van der Waals surface area contributed by atoms with Crippen molar-refractivity contribution in [1.29, 1.82) is 0 Å². The molecule has 0 spiro atoms. The Labute approximate surface area is 160 Å². The molecule has 0 saturated carbocycles. The van der Waals surface area contributed by atoms with E-state index >= 15 is 0 Å². The fourth-order valence-electron chi connectivity index (χ4n) is 3.54. The van der Waals surface area contributed by atoms with Crippen molar-refractivity contribution in [2.24, 2.45) is 5.92 Å². The Morgan fingerprint density at radius 2 is 1.88 bits per heavy atom. The van der Waals surface area contributed by atoms with Crippen molar-refractivity contribution >= 4 is 21.7 Å². The number of benzene rings is 1. The molecular weight excluding hydrogens is 392 g/mol. The first-order valence-corrected chi connectivity index (χ1v) is 9.52. The first-order chi connectivity index (χ1) is 12.6. The molecule has 4 nitrogen and oxygen atoms in total. The van der Waals surface area contributed by atoms with Gasteiger partial charge in [0.2, 0.25) is 0 Å². The summed E-state index contributed by atoms with van der Waals surface area (Å²) in [7, 11) is 0.